The lowest BCUT2D eigenvalue weighted by atomic mass is 10.0. The number of amides is 3. The number of imide groups is 1. The molecule has 2 unspecified atom stereocenters. The molecular formula is C19H20N4O5. The molecule has 3 aliphatic rings. The highest BCUT2D eigenvalue weighted by atomic mass is 16.5. The smallest absolute Gasteiger partial charge is 0.262 e. The van der Waals surface area contributed by atoms with Crippen LogP contribution in [-0.2, 0) is 14.3 Å². The van der Waals surface area contributed by atoms with Crippen LogP contribution in [-0.4, -0.2) is 77.4 Å². The fourth-order valence-electron chi connectivity index (χ4n) is 3.66. The molecule has 3 amide bonds. The van der Waals surface area contributed by atoms with Gasteiger partial charge in [-0.1, -0.05) is 12.1 Å². The summed E-state index contributed by atoms with van der Waals surface area (Å²) in [4.78, 5) is 53.2. The van der Waals surface area contributed by atoms with Crippen molar-refractivity contribution < 1.29 is 23.9 Å². The van der Waals surface area contributed by atoms with Crippen LogP contribution < -0.4 is 5.43 Å². The van der Waals surface area contributed by atoms with E-state index in [2.05, 4.69) is 10.5 Å². The third kappa shape index (κ3) is 2.97. The summed E-state index contributed by atoms with van der Waals surface area (Å²) in [5.74, 6) is -1.56. The Morgan fingerprint density at radius 2 is 1.75 bits per heavy atom. The fourth-order valence-corrected chi connectivity index (χ4v) is 3.66. The van der Waals surface area contributed by atoms with E-state index in [4.69, 9.17) is 4.74 Å². The van der Waals surface area contributed by atoms with Gasteiger partial charge >= 0.3 is 0 Å². The lowest BCUT2D eigenvalue weighted by Crippen LogP contribution is -2.49. The summed E-state index contributed by atoms with van der Waals surface area (Å²) in [6.07, 6.45) is 0.128. The Morgan fingerprint density at radius 1 is 1.14 bits per heavy atom. The monoisotopic (exact) mass is 384 g/mol. The number of hydrogen-bond acceptors (Lipinski definition) is 7. The second kappa shape index (κ2) is 7.16. The molecule has 0 bridgehead atoms. The van der Waals surface area contributed by atoms with Crippen molar-refractivity contribution in [3.05, 3.63) is 35.4 Å². The number of nitrogens with zero attached hydrogens (tertiary/aromatic N) is 3. The molecular weight excluding hydrogens is 364 g/mol. The molecule has 9 heteroatoms. The average Bonchev–Trinajstić information content (AvgIpc) is 3.31. The van der Waals surface area contributed by atoms with E-state index in [0.717, 1.165) is 4.90 Å². The molecule has 2 atom stereocenters. The Kier molecular flexibility index (Phi) is 4.68. The van der Waals surface area contributed by atoms with E-state index in [1.54, 1.807) is 29.2 Å². The van der Waals surface area contributed by atoms with Crippen LogP contribution in [0.1, 0.15) is 34.1 Å². The highest BCUT2D eigenvalue weighted by molar-refractivity contribution is 6.43. The van der Waals surface area contributed by atoms with Crippen LogP contribution in [0.25, 0.3) is 0 Å². The van der Waals surface area contributed by atoms with Crippen molar-refractivity contribution in [3.8, 4) is 0 Å². The quantitative estimate of drug-likeness (QED) is 0.722. The van der Waals surface area contributed by atoms with Crippen LogP contribution in [0.4, 0.5) is 0 Å². The third-order valence-electron chi connectivity index (χ3n) is 5.25. The Labute approximate surface area is 161 Å². The molecule has 146 valence electrons. The van der Waals surface area contributed by atoms with Gasteiger partial charge in [-0.15, -0.1) is 0 Å². The molecule has 0 aromatic heterocycles. The van der Waals surface area contributed by atoms with E-state index in [-0.39, 0.29) is 18.0 Å². The molecule has 1 N–H and O–H groups in total. The lowest BCUT2D eigenvalue weighted by molar-refractivity contribution is -0.137. The van der Waals surface area contributed by atoms with Gasteiger partial charge in [-0.3, -0.25) is 29.5 Å². The van der Waals surface area contributed by atoms with Gasteiger partial charge in [0.25, 0.3) is 11.8 Å². The van der Waals surface area contributed by atoms with Crippen LogP contribution >= 0.6 is 0 Å². The van der Waals surface area contributed by atoms with Crippen molar-refractivity contribution >= 4 is 29.2 Å². The summed E-state index contributed by atoms with van der Waals surface area (Å²) in [7, 11) is 0. The molecule has 1 saturated heterocycles. The summed E-state index contributed by atoms with van der Waals surface area (Å²) >= 11 is 0. The van der Waals surface area contributed by atoms with E-state index in [1.807, 2.05) is 0 Å². The van der Waals surface area contributed by atoms with Crippen molar-refractivity contribution in [3.63, 3.8) is 0 Å². The molecule has 0 aliphatic carbocycles. The van der Waals surface area contributed by atoms with Gasteiger partial charge in [0.1, 0.15) is 17.8 Å². The van der Waals surface area contributed by atoms with Crippen molar-refractivity contribution in [2.75, 3.05) is 26.3 Å². The molecule has 28 heavy (non-hydrogen) atoms. The van der Waals surface area contributed by atoms with Gasteiger partial charge < -0.3 is 9.64 Å². The maximum absolute atomic E-state index is 12.9. The minimum atomic E-state index is -0.995. The Hall–Kier alpha value is -3.07. The molecule has 9 nitrogen and oxygen atoms in total. The van der Waals surface area contributed by atoms with Crippen molar-refractivity contribution in [2.24, 2.45) is 5.10 Å². The minimum absolute atomic E-state index is 0.128. The predicted molar refractivity (Wildman–Crippen MR) is 97.8 cm³/mol. The summed E-state index contributed by atoms with van der Waals surface area (Å²) in [5, 5.41) is 4.01. The molecule has 1 aromatic rings. The summed E-state index contributed by atoms with van der Waals surface area (Å²) in [6.45, 7) is 3.49. The Bertz CT molecular complexity index is 855. The van der Waals surface area contributed by atoms with E-state index >= 15 is 0 Å². The Balaban J connectivity index is 1.43. The zero-order valence-electron chi connectivity index (χ0n) is 15.4. The number of hydrogen-bond donors (Lipinski definition) is 1. The summed E-state index contributed by atoms with van der Waals surface area (Å²) in [6, 6.07) is 4.87. The molecule has 0 spiro atoms. The maximum Gasteiger partial charge on any atom is 0.262 e. The van der Waals surface area contributed by atoms with Gasteiger partial charge in [0.15, 0.2) is 0 Å². The highest BCUT2D eigenvalue weighted by Crippen LogP contribution is 2.25. The number of morpholine rings is 1. The van der Waals surface area contributed by atoms with Crippen LogP contribution in [0.2, 0.25) is 0 Å². The first-order valence-corrected chi connectivity index (χ1v) is 9.19. The number of carbonyl (C=O) groups is 4. The first kappa shape index (κ1) is 18.3. The second-order valence-electron chi connectivity index (χ2n) is 6.95. The molecule has 4 rings (SSSR count). The van der Waals surface area contributed by atoms with Gasteiger partial charge in [0, 0.05) is 19.5 Å². The first-order chi connectivity index (χ1) is 13.5. The molecule has 0 saturated carbocycles. The topological polar surface area (TPSA) is 108 Å². The van der Waals surface area contributed by atoms with Crippen molar-refractivity contribution in [1.29, 1.82) is 0 Å². The largest absolute Gasteiger partial charge is 0.378 e. The second-order valence-corrected chi connectivity index (χ2v) is 6.95. The van der Waals surface area contributed by atoms with E-state index < -0.39 is 29.7 Å². The zero-order chi connectivity index (χ0) is 19.8. The van der Waals surface area contributed by atoms with Crippen LogP contribution in [0.15, 0.2) is 29.4 Å². The number of ether oxygens (including phenoxy) is 1. The van der Waals surface area contributed by atoms with E-state index in [9.17, 15) is 19.2 Å². The van der Waals surface area contributed by atoms with Crippen LogP contribution in [0.3, 0.4) is 0 Å². The number of benzene rings is 1. The average molecular weight is 384 g/mol. The number of hydrazone groups is 1. The normalized spacial score (nSPS) is 22.6. The molecule has 3 heterocycles. The maximum atomic E-state index is 12.9. The molecule has 1 aromatic carbocycles. The molecule has 0 radical (unpaired) electrons. The fraction of sp³-hybridized carbons (Fsp3) is 0.421. The number of fused-ring (bicyclic) bond motifs is 1. The predicted octanol–water partition coefficient (Wildman–Crippen LogP) is -0.183. The SMILES string of the molecule is CC(C(=O)C1=NNC(C(=O)N2CCOCC2)C1)N1C(=O)c2ccccc2C1=O. The Morgan fingerprint density at radius 3 is 2.36 bits per heavy atom. The number of Topliss-reactive ketones (excluding diaryl/α,β-unsaturated/α-hetero) is 1. The van der Waals surface area contributed by atoms with Gasteiger partial charge in [-0.05, 0) is 19.1 Å². The standard InChI is InChI=1S/C19H20N4O5/c1-11(23-17(25)12-4-2-3-5-13(12)18(23)26)16(24)14-10-15(21-20-14)19(27)22-6-8-28-9-7-22/h2-5,11,15,21H,6-10H2,1H3. The molecule has 1 fully saturated rings. The van der Waals surface area contributed by atoms with Crippen LogP contribution in [0, 0.1) is 0 Å². The van der Waals surface area contributed by atoms with Gasteiger partial charge in [-0.2, -0.15) is 5.10 Å². The number of nitrogens with one attached hydrogen (secondary N) is 1. The summed E-state index contributed by atoms with van der Waals surface area (Å²) in [5.41, 5.74) is 3.46. The highest BCUT2D eigenvalue weighted by Gasteiger charge is 2.43. The minimum Gasteiger partial charge on any atom is -0.378 e. The zero-order valence-corrected chi connectivity index (χ0v) is 15.4. The lowest BCUT2D eigenvalue weighted by Gasteiger charge is -2.28. The van der Waals surface area contributed by atoms with E-state index in [0.29, 0.717) is 37.4 Å². The van der Waals surface area contributed by atoms with Gasteiger partial charge in [0.05, 0.1) is 24.3 Å². The number of ketones is 1. The van der Waals surface area contributed by atoms with Gasteiger partial charge in [0.2, 0.25) is 11.7 Å². The summed E-state index contributed by atoms with van der Waals surface area (Å²) < 4.78 is 5.24. The van der Waals surface area contributed by atoms with Crippen molar-refractivity contribution in [2.45, 2.75) is 25.4 Å². The molecule has 3 aliphatic heterocycles. The third-order valence-corrected chi connectivity index (χ3v) is 5.25. The number of carbonyl (C=O) groups excluding carboxylic acids is 4. The number of rotatable bonds is 4. The van der Waals surface area contributed by atoms with Gasteiger partial charge in [-0.25, -0.2) is 0 Å². The van der Waals surface area contributed by atoms with E-state index in [1.165, 1.54) is 6.92 Å². The van der Waals surface area contributed by atoms with Crippen LogP contribution in [0.5, 0.6) is 0 Å². The van der Waals surface area contributed by atoms with Crippen molar-refractivity contribution in [1.82, 2.24) is 15.2 Å². The first-order valence-electron chi connectivity index (χ1n) is 9.19.